The monoisotopic (exact) mass is 354 g/mol. The Kier molecular flexibility index (Phi) is 5.32. The number of morpholine rings is 1. The third-order valence-electron chi connectivity index (χ3n) is 5.38. The van der Waals surface area contributed by atoms with E-state index in [0.29, 0.717) is 6.04 Å². The lowest BCUT2D eigenvalue weighted by Gasteiger charge is -2.39. The van der Waals surface area contributed by atoms with Gasteiger partial charge < -0.3 is 14.2 Å². The summed E-state index contributed by atoms with van der Waals surface area (Å²) in [7, 11) is 0. The summed E-state index contributed by atoms with van der Waals surface area (Å²) < 4.78 is 7.39. The average Bonchev–Trinajstić information content (AvgIpc) is 3.24. The molecule has 0 unspecified atom stereocenters. The number of rotatable bonds is 4. The minimum atomic E-state index is 0.153. The van der Waals surface area contributed by atoms with Crippen molar-refractivity contribution in [3.63, 3.8) is 0 Å². The number of amides is 1. The molecular weight excluding hydrogens is 328 g/mol. The Hall–Kier alpha value is -2.18. The van der Waals surface area contributed by atoms with Gasteiger partial charge in [-0.05, 0) is 43.5 Å². The van der Waals surface area contributed by atoms with E-state index in [1.807, 2.05) is 35.0 Å². The van der Waals surface area contributed by atoms with Gasteiger partial charge in [0.15, 0.2) is 0 Å². The zero-order chi connectivity index (χ0) is 17.8. The largest absolute Gasteiger partial charge is 0.379 e. The fourth-order valence-corrected chi connectivity index (χ4v) is 3.89. The lowest BCUT2D eigenvalue weighted by molar-refractivity contribution is 0.0166. The van der Waals surface area contributed by atoms with Gasteiger partial charge in [0.1, 0.15) is 0 Å². The van der Waals surface area contributed by atoms with Crippen LogP contribution < -0.4 is 0 Å². The summed E-state index contributed by atoms with van der Waals surface area (Å²) in [6.45, 7) is 5.36. The Labute approximate surface area is 154 Å². The minimum Gasteiger partial charge on any atom is -0.379 e. The molecule has 138 valence electrons. The number of hydrogen-bond acceptors (Lipinski definition) is 4. The van der Waals surface area contributed by atoms with Crippen molar-refractivity contribution in [2.75, 3.05) is 39.4 Å². The molecule has 2 fully saturated rings. The molecule has 3 heterocycles. The van der Waals surface area contributed by atoms with Crippen LogP contribution in [0.25, 0.3) is 5.69 Å². The van der Waals surface area contributed by atoms with Gasteiger partial charge in [0.05, 0.1) is 19.5 Å². The van der Waals surface area contributed by atoms with Crippen LogP contribution in [0, 0.1) is 0 Å². The number of likely N-dealkylation sites (tertiary alicyclic amines) is 1. The second-order valence-electron chi connectivity index (χ2n) is 7.08. The number of aromatic nitrogens is 2. The van der Waals surface area contributed by atoms with Gasteiger partial charge in [-0.1, -0.05) is 0 Å². The van der Waals surface area contributed by atoms with Crippen molar-refractivity contribution in [3.05, 3.63) is 48.5 Å². The van der Waals surface area contributed by atoms with Crippen molar-refractivity contribution >= 4 is 5.91 Å². The van der Waals surface area contributed by atoms with E-state index >= 15 is 0 Å². The molecular formula is C20H26N4O2. The van der Waals surface area contributed by atoms with Gasteiger partial charge in [-0.25, -0.2) is 4.98 Å². The van der Waals surface area contributed by atoms with Crippen LogP contribution in [0.2, 0.25) is 0 Å². The van der Waals surface area contributed by atoms with Crippen molar-refractivity contribution in [3.8, 4) is 5.69 Å². The first-order chi connectivity index (χ1) is 12.8. The average molecular weight is 354 g/mol. The normalized spacial score (nSPS) is 21.7. The SMILES string of the molecule is O=C(c1ccc(-n2ccnc2)cc1)N1CCCC[C@@H]1CN1CCOCC1. The van der Waals surface area contributed by atoms with Gasteiger partial charge in [0.2, 0.25) is 0 Å². The van der Waals surface area contributed by atoms with Crippen LogP contribution in [0.3, 0.4) is 0 Å². The first-order valence-corrected chi connectivity index (χ1v) is 9.51. The van der Waals surface area contributed by atoms with Gasteiger partial charge in [-0.2, -0.15) is 0 Å². The molecule has 26 heavy (non-hydrogen) atoms. The molecule has 1 amide bonds. The summed E-state index contributed by atoms with van der Waals surface area (Å²) in [5.74, 6) is 0.153. The Morgan fingerprint density at radius 1 is 1.12 bits per heavy atom. The molecule has 2 aliphatic heterocycles. The number of nitrogens with zero attached hydrogens (tertiary/aromatic N) is 4. The predicted octanol–water partition coefficient (Wildman–Crippen LogP) is 2.20. The van der Waals surface area contributed by atoms with Crippen LogP contribution in [0.5, 0.6) is 0 Å². The smallest absolute Gasteiger partial charge is 0.254 e. The highest BCUT2D eigenvalue weighted by molar-refractivity contribution is 5.94. The molecule has 1 atom stereocenters. The van der Waals surface area contributed by atoms with E-state index in [9.17, 15) is 4.79 Å². The van der Waals surface area contributed by atoms with E-state index in [1.165, 1.54) is 6.42 Å². The first-order valence-electron chi connectivity index (χ1n) is 9.51. The highest BCUT2D eigenvalue weighted by Crippen LogP contribution is 2.21. The molecule has 2 aromatic rings. The van der Waals surface area contributed by atoms with E-state index in [2.05, 4.69) is 14.8 Å². The van der Waals surface area contributed by atoms with Crippen molar-refractivity contribution in [1.82, 2.24) is 19.4 Å². The first kappa shape index (κ1) is 17.2. The summed E-state index contributed by atoms with van der Waals surface area (Å²) in [6, 6.07) is 8.13. The summed E-state index contributed by atoms with van der Waals surface area (Å²) >= 11 is 0. The molecule has 1 aromatic carbocycles. The van der Waals surface area contributed by atoms with Gasteiger partial charge in [-0.15, -0.1) is 0 Å². The topological polar surface area (TPSA) is 50.6 Å². The second kappa shape index (κ2) is 8.01. The third kappa shape index (κ3) is 3.81. The van der Waals surface area contributed by atoms with E-state index in [0.717, 1.165) is 63.5 Å². The third-order valence-corrected chi connectivity index (χ3v) is 5.38. The molecule has 0 N–H and O–H groups in total. The molecule has 1 aromatic heterocycles. The maximum absolute atomic E-state index is 13.1. The second-order valence-corrected chi connectivity index (χ2v) is 7.08. The number of carbonyl (C=O) groups is 1. The summed E-state index contributed by atoms with van der Waals surface area (Å²) in [5.41, 5.74) is 1.78. The maximum Gasteiger partial charge on any atom is 0.254 e. The fourth-order valence-electron chi connectivity index (χ4n) is 3.89. The highest BCUT2D eigenvalue weighted by Gasteiger charge is 2.29. The van der Waals surface area contributed by atoms with Crippen LogP contribution in [-0.4, -0.2) is 70.7 Å². The van der Waals surface area contributed by atoms with Gasteiger partial charge in [0.25, 0.3) is 5.91 Å². The van der Waals surface area contributed by atoms with E-state index in [1.54, 1.807) is 12.5 Å². The van der Waals surface area contributed by atoms with E-state index < -0.39 is 0 Å². The lowest BCUT2D eigenvalue weighted by atomic mass is 10.00. The van der Waals surface area contributed by atoms with Crippen LogP contribution in [0.4, 0.5) is 0 Å². The Morgan fingerprint density at radius 3 is 2.65 bits per heavy atom. The number of ether oxygens (including phenoxy) is 1. The zero-order valence-electron chi connectivity index (χ0n) is 15.1. The molecule has 2 aliphatic rings. The zero-order valence-corrected chi connectivity index (χ0v) is 15.1. The molecule has 0 radical (unpaired) electrons. The Balaban J connectivity index is 1.46. The number of hydrogen-bond donors (Lipinski definition) is 0. The number of benzene rings is 1. The molecule has 6 heteroatoms. The van der Waals surface area contributed by atoms with Crippen molar-refractivity contribution < 1.29 is 9.53 Å². The van der Waals surface area contributed by atoms with Crippen molar-refractivity contribution in [2.24, 2.45) is 0 Å². The van der Waals surface area contributed by atoms with Gasteiger partial charge in [0, 0.05) is 55.9 Å². The Morgan fingerprint density at radius 2 is 1.92 bits per heavy atom. The van der Waals surface area contributed by atoms with Crippen LogP contribution in [0.1, 0.15) is 29.6 Å². The van der Waals surface area contributed by atoms with Gasteiger partial charge in [-0.3, -0.25) is 9.69 Å². The molecule has 0 spiro atoms. The highest BCUT2D eigenvalue weighted by atomic mass is 16.5. The molecule has 6 nitrogen and oxygen atoms in total. The molecule has 0 aliphatic carbocycles. The molecule has 0 bridgehead atoms. The van der Waals surface area contributed by atoms with E-state index in [4.69, 9.17) is 4.74 Å². The lowest BCUT2D eigenvalue weighted by Crippen LogP contribution is -2.51. The Bertz CT molecular complexity index is 708. The van der Waals surface area contributed by atoms with Crippen molar-refractivity contribution in [1.29, 1.82) is 0 Å². The van der Waals surface area contributed by atoms with Crippen LogP contribution in [-0.2, 0) is 4.74 Å². The van der Waals surface area contributed by atoms with Crippen LogP contribution in [0.15, 0.2) is 43.0 Å². The number of imidazole rings is 1. The summed E-state index contributed by atoms with van der Waals surface area (Å²) in [6.07, 6.45) is 8.82. The summed E-state index contributed by atoms with van der Waals surface area (Å²) in [5, 5.41) is 0. The van der Waals surface area contributed by atoms with E-state index in [-0.39, 0.29) is 5.91 Å². The van der Waals surface area contributed by atoms with Crippen LogP contribution >= 0.6 is 0 Å². The standard InChI is InChI=1S/C20H26N4O2/c25-20(17-4-6-18(7-5-17)23-10-8-21-16-23)24-9-2-1-3-19(24)15-22-11-13-26-14-12-22/h4-8,10,16,19H,1-3,9,11-15H2/t19-/m1/s1. The molecule has 4 rings (SSSR count). The fraction of sp³-hybridized carbons (Fsp3) is 0.500. The predicted molar refractivity (Wildman–Crippen MR) is 99.5 cm³/mol. The van der Waals surface area contributed by atoms with Crippen molar-refractivity contribution in [2.45, 2.75) is 25.3 Å². The quantitative estimate of drug-likeness (QED) is 0.845. The summed E-state index contributed by atoms with van der Waals surface area (Å²) in [4.78, 5) is 21.7. The molecule has 0 saturated carbocycles. The minimum absolute atomic E-state index is 0.153. The number of carbonyl (C=O) groups excluding carboxylic acids is 1. The number of piperidine rings is 1. The molecule has 2 saturated heterocycles. The van der Waals surface area contributed by atoms with Gasteiger partial charge >= 0.3 is 0 Å². The maximum atomic E-state index is 13.1.